The molecule has 0 saturated heterocycles. The lowest BCUT2D eigenvalue weighted by atomic mass is 10.2. The average molecular weight is 327 g/mol. The van der Waals surface area contributed by atoms with Gasteiger partial charge in [0.15, 0.2) is 0 Å². The predicted molar refractivity (Wildman–Crippen MR) is 86.0 cm³/mol. The van der Waals surface area contributed by atoms with Gasteiger partial charge in [0.1, 0.15) is 35.1 Å². The number of hydrogen-bond donors (Lipinski definition) is 2. The third kappa shape index (κ3) is 3.40. The first-order valence-corrected chi connectivity index (χ1v) is 7.41. The van der Waals surface area contributed by atoms with Crippen molar-refractivity contribution in [2.45, 2.75) is 13.8 Å². The Labute approximate surface area is 138 Å². The highest BCUT2D eigenvalue weighted by atomic mass is 16.5. The molecule has 0 spiro atoms. The molecule has 3 rings (SSSR count). The summed E-state index contributed by atoms with van der Waals surface area (Å²) in [5.41, 5.74) is 0.440. The Kier molecular flexibility index (Phi) is 4.50. The molecule has 0 aromatic carbocycles. The van der Waals surface area contributed by atoms with E-state index in [1.165, 1.54) is 12.5 Å². The second-order valence-electron chi connectivity index (χ2n) is 5.08. The predicted octanol–water partition coefficient (Wildman–Crippen LogP) is 1.11. The Bertz CT molecular complexity index is 840. The molecule has 0 saturated carbocycles. The van der Waals surface area contributed by atoms with Gasteiger partial charge in [-0.2, -0.15) is 0 Å². The SMILES string of the molecule is Cc1oncc1C(=O)NCCNc1cc(-n2ccnc2C)ncn1. The maximum Gasteiger partial charge on any atom is 0.256 e. The highest BCUT2D eigenvalue weighted by Gasteiger charge is 2.11. The van der Waals surface area contributed by atoms with Crippen molar-refractivity contribution >= 4 is 11.7 Å². The van der Waals surface area contributed by atoms with E-state index in [-0.39, 0.29) is 5.91 Å². The summed E-state index contributed by atoms with van der Waals surface area (Å²) in [5, 5.41) is 9.51. The Balaban J connectivity index is 1.53. The van der Waals surface area contributed by atoms with E-state index in [4.69, 9.17) is 4.52 Å². The fourth-order valence-corrected chi connectivity index (χ4v) is 2.17. The molecular formula is C15H17N7O2. The number of anilines is 1. The molecule has 0 unspecified atom stereocenters. The van der Waals surface area contributed by atoms with Crippen molar-refractivity contribution in [2.24, 2.45) is 0 Å². The average Bonchev–Trinajstić information content (AvgIpc) is 3.20. The Morgan fingerprint density at radius 1 is 1.25 bits per heavy atom. The van der Waals surface area contributed by atoms with Crippen molar-refractivity contribution in [1.29, 1.82) is 0 Å². The van der Waals surface area contributed by atoms with Crippen molar-refractivity contribution in [3.8, 4) is 5.82 Å². The maximum atomic E-state index is 11.9. The van der Waals surface area contributed by atoms with E-state index in [1.807, 2.05) is 23.8 Å². The largest absolute Gasteiger partial charge is 0.368 e. The quantitative estimate of drug-likeness (QED) is 0.652. The highest BCUT2D eigenvalue weighted by molar-refractivity contribution is 5.94. The van der Waals surface area contributed by atoms with Gasteiger partial charge in [-0.25, -0.2) is 15.0 Å². The molecular weight excluding hydrogens is 310 g/mol. The lowest BCUT2D eigenvalue weighted by molar-refractivity contribution is 0.0953. The first-order valence-electron chi connectivity index (χ1n) is 7.41. The lowest BCUT2D eigenvalue weighted by Gasteiger charge is -2.09. The van der Waals surface area contributed by atoms with Crippen molar-refractivity contribution in [1.82, 2.24) is 30.0 Å². The standard InChI is InChI=1S/C15H17N7O2/c1-10-12(8-21-24-10)15(23)18-4-3-17-13-7-14(20-9-19-13)22-6-5-16-11(22)2/h5-9H,3-4H2,1-2H3,(H,18,23)(H,17,19,20). The number of hydrogen-bond acceptors (Lipinski definition) is 7. The van der Waals surface area contributed by atoms with Gasteiger partial charge in [-0.3, -0.25) is 9.36 Å². The summed E-state index contributed by atoms with van der Waals surface area (Å²) in [6, 6.07) is 1.82. The summed E-state index contributed by atoms with van der Waals surface area (Å²) in [6.07, 6.45) is 6.44. The molecule has 1 amide bonds. The highest BCUT2D eigenvalue weighted by Crippen LogP contribution is 2.10. The second-order valence-corrected chi connectivity index (χ2v) is 5.08. The number of nitrogens with one attached hydrogen (secondary N) is 2. The van der Waals surface area contributed by atoms with Gasteiger partial charge in [-0.1, -0.05) is 5.16 Å². The minimum atomic E-state index is -0.215. The fraction of sp³-hybridized carbons (Fsp3) is 0.267. The van der Waals surface area contributed by atoms with Crippen LogP contribution in [0.3, 0.4) is 0 Å². The molecule has 0 aliphatic carbocycles. The molecule has 0 aliphatic rings. The molecule has 3 heterocycles. The number of carbonyl (C=O) groups is 1. The number of carbonyl (C=O) groups excluding carboxylic acids is 1. The normalized spacial score (nSPS) is 10.6. The van der Waals surface area contributed by atoms with E-state index in [2.05, 4.69) is 30.7 Å². The van der Waals surface area contributed by atoms with Crippen LogP contribution < -0.4 is 10.6 Å². The minimum absolute atomic E-state index is 0.215. The number of amides is 1. The number of aromatic nitrogens is 5. The van der Waals surface area contributed by atoms with Crippen LogP contribution in [-0.4, -0.2) is 43.7 Å². The Hall–Kier alpha value is -3.23. The molecule has 3 aromatic rings. The molecule has 2 N–H and O–H groups in total. The van der Waals surface area contributed by atoms with Crippen molar-refractivity contribution in [3.63, 3.8) is 0 Å². The zero-order valence-corrected chi connectivity index (χ0v) is 13.4. The number of imidazole rings is 1. The van der Waals surface area contributed by atoms with E-state index in [0.717, 1.165) is 11.6 Å². The van der Waals surface area contributed by atoms with E-state index < -0.39 is 0 Å². The molecule has 3 aromatic heterocycles. The van der Waals surface area contributed by atoms with Gasteiger partial charge in [0.05, 0.1) is 6.20 Å². The second kappa shape index (κ2) is 6.90. The van der Waals surface area contributed by atoms with Gasteiger partial charge in [0.25, 0.3) is 5.91 Å². The van der Waals surface area contributed by atoms with Crippen LogP contribution in [0.1, 0.15) is 21.9 Å². The molecule has 9 nitrogen and oxygen atoms in total. The summed E-state index contributed by atoms with van der Waals surface area (Å²) in [4.78, 5) is 24.5. The third-order valence-corrected chi connectivity index (χ3v) is 3.44. The molecule has 0 radical (unpaired) electrons. The molecule has 24 heavy (non-hydrogen) atoms. The lowest BCUT2D eigenvalue weighted by Crippen LogP contribution is -2.29. The van der Waals surface area contributed by atoms with Crippen molar-refractivity contribution in [2.75, 3.05) is 18.4 Å². The zero-order valence-electron chi connectivity index (χ0n) is 13.4. The topological polar surface area (TPSA) is 111 Å². The first kappa shape index (κ1) is 15.7. The van der Waals surface area contributed by atoms with Gasteiger partial charge >= 0.3 is 0 Å². The minimum Gasteiger partial charge on any atom is -0.368 e. The molecule has 0 aliphatic heterocycles. The van der Waals surface area contributed by atoms with E-state index in [0.29, 0.717) is 30.2 Å². The van der Waals surface area contributed by atoms with Gasteiger partial charge in [-0.05, 0) is 13.8 Å². The number of nitrogens with zero attached hydrogens (tertiary/aromatic N) is 5. The van der Waals surface area contributed by atoms with Gasteiger partial charge in [-0.15, -0.1) is 0 Å². The zero-order chi connectivity index (χ0) is 16.9. The summed E-state index contributed by atoms with van der Waals surface area (Å²) in [5.74, 6) is 2.52. The number of rotatable bonds is 6. The Morgan fingerprint density at radius 2 is 2.12 bits per heavy atom. The van der Waals surface area contributed by atoms with E-state index in [9.17, 15) is 4.79 Å². The number of aryl methyl sites for hydroxylation is 2. The summed E-state index contributed by atoms with van der Waals surface area (Å²) in [7, 11) is 0. The fourth-order valence-electron chi connectivity index (χ4n) is 2.17. The van der Waals surface area contributed by atoms with Crippen LogP contribution in [-0.2, 0) is 0 Å². The molecule has 0 bridgehead atoms. The monoisotopic (exact) mass is 327 g/mol. The van der Waals surface area contributed by atoms with Crippen LogP contribution in [0.5, 0.6) is 0 Å². The molecule has 0 fully saturated rings. The molecule has 9 heteroatoms. The Morgan fingerprint density at radius 3 is 2.83 bits per heavy atom. The van der Waals surface area contributed by atoms with Gasteiger partial charge in [0.2, 0.25) is 0 Å². The van der Waals surface area contributed by atoms with Crippen molar-refractivity contribution < 1.29 is 9.32 Å². The van der Waals surface area contributed by atoms with Crippen LogP contribution in [0.4, 0.5) is 5.82 Å². The molecule has 124 valence electrons. The van der Waals surface area contributed by atoms with E-state index >= 15 is 0 Å². The van der Waals surface area contributed by atoms with Crippen LogP contribution >= 0.6 is 0 Å². The van der Waals surface area contributed by atoms with E-state index in [1.54, 1.807) is 13.1 Å². The van der Waals surface area contributed by atoms with Crippen LogP contribution in [0.15, 0.2) is 35.5 Å². The summed E-state index contributed by atoms with van der Waals surface area (Å²) >= 11 is 0. The molecule has 0 atom stereocenters. The van der Waals surface area contributed by atoms with Crippen LogP contribution in [0, 0.1) is 13.8 Å². The summed E-state index contributed by atoms with van der Waals surface area (Å²) in [6.45, 7) is 4.56. The van der Waals surface area contributed by atoms with Crippen LogP contribution in [0.25, 0.3) is 5.82 Å². The van der Waals surface area contributed by atoms with Gasteiger partial charge < -0.3 is 15.2 Å². The first-order chi connectivity index (χ1) is 11.6. The van der Waals surface area contributed by atoms with Crippen molar-refractivity contribution in [3.05, 3.63) is 48.1 Å². The third-order valence-electron chi connectivity index (χ3n) is 3.44. The maximum absolute atomic E-state index is 11.9. The van der Waals surface area contributed by atoms with Gasteiger partial charge in [0, 0.05) is 31.5 Å². The smallest absolute Gasteiger partial charge is 0.256 e. The van der Waals surface area contributed by atoms with Crippen LogP contribution in [0.2, 0.25) is 0 Å². The summed E-state index contributed by atoms with van der Waals surface area (Å²) < 4.78 is 6.73.